The summed E-state index contributed by atoms with van der Waals surface area (Å²) in [5.74, 6) is 0.296. The number of benzene rings is 1. The molecule has 1 aromatic heterocycles. The first-order valence-corrected chi connectivity index (χ1v) is 14.9. The molecule has 0 radical (unpaired) electrons. The van der Waals surface area contributed by atoms with Gasteiger partial charge in [-0.3, -0.25) is 19.2 Å². The monoisotopic (exact) mass is 624 g/mol. The van der Waals surface area contributed by atoms with Gasteiger partial charge in [0.1, 0.15) is 6.04 Å². The topological polar surface area (TPSA) is 154 Å². The van der Waals surface area contributed by atoms with E-state index >= 15 is 0 Å². The van der Waals surface area contributed by atoms with Gasteiger partial charge in [-0.15, -0.1) is 11.3 Å². The number of ether oxygens (including phenoxy) is 4. The van der Waals surface area contributed by atoms with Crippen LogP contribution in [0.2, 0.25) is 0 Å². The molecular formula is C31H36N4O8S. The average Bonchev–Trinajstić information content (AvgIpc) is 3.29. The van der Waals surface area contributed by atoms with E-state index in [-0.39, 0.29) is 30.1 Å². The van der Waals surface area contributed by atoms with Crippen LogP contribution in [-0.4, -0.2) is 56.7 Å². The van der Waals surface area contributed by atoms with Gasteiger partial charge in [0, 0.05) is 17.9 Å². The molecule has 3 aromatic rings. The van der Waals surface area contributed by atoms with Crippen LogP contribution in [0.15, 0.2) is 34.4 Å². The second-order valence-corrected chi connectivity index (χ2v) is 10.9. The molecular weight excluding hydrogens is 588 g/mol. The molecule has 1 heterocycles. The molecule has 12 nitrogen and oxygen atoms in total. The van der Waals surface area contributed by atoms with E-state index in [9.17, 15) is 19.2 Å². The summed E-state index contributed by atoms with van der Waals surface area (Å²) < 4.78 is 22.0. The highest BCUT2D eigenvalue weighted by atomic mass is 32.1. The minimum atomic E-state index is -0.820. The number of thiazole rings is 1. The Balaban J connectivity index is 1.69. The summed E-state index contributed by atoms with van der Waals surface area (Å²) in [6.07, 6.45) is 1.10. The van der Waals surface area contributed by atoms with E-state index in [2.05, 4.69) is 20.9 Å². The molecule has 2 atom stereocenters. The van der Waals surface area contributed by atoms with Gasteiger partial charge in [-0.1, -0.05) is 6.07 Å². The maximum atomic E-state index is 13.6. The van der Waals surface area contributed by atoms with Crippen LogP contribution < -0.4 is 35.6 Å². The van der Waals surface area contributed by atoms with Crippen LogP contribution in [0.4, 0.5) is 10.8 Å². The van der Waals surface area contributed by atoms with Crippen LogP contribution in [0, 0.1) is 0 Å². The molecule has 1 aliphatic carbocycles. The lowest BCUT2D eigenvalue weighted by Crippen LogP contribution is -2.33. The molecule has 0 aliphatic heterocycles. The van der Waals surface area contributed by atoms with Crippen LogP contribution in [0.1, 0.15) is 50.1 Å². The Labute approximate surface area is 259 Å². The highest BCUT2D eigenvalue weighted by molar-refractivity contribution is 7.13. The maximum Gasteiger partial charge on any atom is 0.311 e. The van der Waals surface area contributed by atoms with Gasteiger partial charge in [-0.05, 0) is 61.6 Å². The van der Waals surface area contributed by atoms with E-state index < -0.39 is 24.0 Å². The summed E-state index contributed by atoms with van der Waals surface area (Å²) in [5.41, 5.74) is 3.22. The van der Waals surface area contributed by atoms with E-state index in [1.807, 2.05) is 6.07 Å². The number of hydrogen-bond acceptors (Lipinski definition) is 11. The maximum absolute atomic E-state index is 13.6. The molecule has 3 N–H and O–H groups in total. The zero-order valence-electron chi connectivity index (χ0n) is 25.5. The predicted molar refractivity (Wildman–Crippen MR) is 167 cm³/mol. The number of esters is 1. The second-order valence-electron chi connectivity index (χ2n) is 10.1. The molecule has 0 bridgehead atoms. The number of amides is 2. The number of anilines is 2. The van der Waals surface area contributed by atoms with Crippen molar-refractivity contribution >= 4 is 39.9 Å². The van der Waals surface area contributed by atoms with Gasteiger partial charge in [0.2, 0.25) is 23.0 Å². The predicted octanol–water partition coefficient (Wildman–Crippen LogP) is 3.86. The first kappa shape index (κ1) is 32.3. The lowest BCUT2D eigenvalue weighted by atomic mass is 9.95. The summed E-state index contributed by atoms with van der Waals surface area (Å²) >= 11 is 1.18. The molecule has 2 amide bonds. The first-order chi connectivity index (χ1) is 21.1. The molecule has 44 heavy (non-hydrogen) atoms. The van der Waals surface area contributed by atoms with Crippen molar-refractivity contribution < 1.29 is 33.3 Å². The Hall–Kier alpha value is -4.65. The van der Waals surface area contributed by atoms with Crippen molar-refractivity contribution in [2.45, 2.75) is 52.1 Å². The van der Waals surface area contributed by atoms with Crippen molar-refractivity contribution in [1.82, 2.24) is 10.3 Å². The molecule has 13 heteroatoms. The molecule has 2 aromatic carbocycles. The number of carbonyl (C=O) groups is 3. The van der Waals surface area contributed by atoms with Gasteiger partial charge in [-0.2, -0.15) is 0 Å². The highest BCUT2D eigenvalue weighted by Crippen LogP contribution is 2.50. The lowest BCUT2D eigenvalue weighted by Gasteiger charge is -2.19. The molecule has 0 unspecified atom stereocenters. The number of aromatic nitrogens is 1. The molecule has 1 aliphatic rings. The Morgan fingerprint density at radius 2 is 1.84 bits per heavy atom. The Morgan fingerprint density at radius 1 is 1.09 bits per heavy atom. The Bertz CT molecular complexity index is 1620. The molecule has 0 spiro atoms. The van der Waals surface area contributed by atoms with Crippen molar-refractivity contribution in [3.8, 4) is 28.4 Å². The third-order valence-corrected chi connectivity index (χ3v) is 7.90. The number of hydrogen-bond donors (Lipinski definition) is 3. The normalized spacial score (nSPS) is 14.2. The quantitative estimate of drug-likeness (QED) is 0.268. The van der Waals surface area contributed by atoms with Gasteiger partial charge in [0.05, 0.1) is 51.8 Å². The van der Waals surface area contributed by atoms with Gasteiger partial charge in [-0.25, -0.2) is 4.98 Å². The van der Waals surface area contributed by atoms with Crippen LogP contribution in [-0.2, 0) is 32.0 Å². The van der Waals surface area contributed by atoms with Crippen molar-refractivity contribution in [3.63, 3.8) is 0 Å². The van der Waals surface area contributed by atoms with Gasteiger partial charge in [0.15, 0.2) is 16.6 Å². The zero-order valence-corrected chi connectivity index (χ0v) is 26.3. The van der Waals surface area contributed by atoms with Crippen LogP contribution >= 0.6 is 11.3 Å². The van der Waals surface area contributed by atoms with Crippen LogP contribution in [0.25, 0.3) is 11.1 Å². The third-order valence-electron chi connectivity index (χ3n) is 7.09. The van der Waals surface area contributed by atoms with Crippen LogP contribution in [0.3, 0.4) is 0 Å². The third kappa shape index (κ3) is 7.10. The number of carbonyl (C=O) groups excluding carboxylic acids is 3. The minimum Gasteiger partial charge on any atom is -0.493 e. The van der Waals surface area contributed by atoms with Crippen molar-refractivity contribution in [3.05, 3.63) is 56.7 Å². The van der Waals surface area contributed by atoms with E-state index in [1.165, 1.54) is 38.5 Å². The lowest BCUT2D eigenvalue weighted by molar-refractivity contribution is -0.142. The van der Waals surface area contributed by atoms with Gasteiger partial charge < -0.3 is 34.9 Å². The van der Waals surface area contributed by atoms with E-state index in [0.717, 1.165) is 11.1 Å². The second kappa shape index (κ2) is 14.2. The first-order valence-electron chi connectivity index (χ1n) is 14.0. The summed E-state index contributed by atoms with van der Waals surface area (Å²) in [4.78, 5) is 54.8. The molecule has 234 valence electrons. The fourth-order valence-electron chi connectivity index (χ4n) is 5.14. The summed E-state index contributed by atoms with van der Waals surface area (Å²) in [7, 11) is 4.60. The number of methoxy groups -OCH3 is 3. The van der Waals surface area contributed by atoms with E-state index in [0.29, 0.717) is 52.0 Å². The van der Waals surface area contributed by atoms with Crippen molar-refractivity contribution in [2.24, 2.45) is 0 Å². The fourth-order valence-corrected chi connectivity index (χ4v) is 5.86. The smallest absolute Gasteiger partial charge is 0.311 e. The molecule has 0 saturated carbocycles. The van der Waals surface area contributed by atoms with E-state index in [1.54, 1.807) is 38.5 Å². The van der Waals surface area contributed by atoms with Gasteiger partial charge >= 0.3 is 5.97 Å². The summed E-state index contributed by atoms with van der Waals surface area (Å²) in [5, 5.41) is 10.7. The molecule has 0 saturated heterocycles. The number of aryl methyl sites for hydroxylation is 1. The van der Waals surface area contributed by atoms with Gasteiger partial charge in [0.25, 0.3) is 0 Å². The highest BCUT2D eigenvalue weighted by Gasteiger charge is 2.29. The minimum absolute atomic E-state index is 0.00475. The Kier molecular flexibility index (Phi) is 10.4. The largest absolute Gasteiger partial charge is 0.493 e. The molecule has 4 rings (SSSR count). The number of nitrogens with one attached hydrogen (secondary N) is 3. The average molecular weight is 625 g/mol. The van der Waals surface area contributed by atoms with Crippen molar-refractivity contribution in [2.75, 3.05) is 38.6 Å². The fraction of sp³-hybridized carbons (Fsp3) is 0.387. The Morgan fingerprint density at radius 3 is 2.50 bits per heavy atom. The van der Waals surface area contributed by atoms with Crippen molar-refractivity contribution in [1.29, 1.82) is 0 Å². The standard InChI is InChI=1S/C31H36N4O8S/c1-7-43-26(38)13-19-15-44-31(34-19)35-30(39)16(2)32-23-11-9-20-21(14-24(23)37)22(33-17(3)36)10-8-18-12-25(40-4)28(41-5)29(42-6)27(18)20/h9,11-12,14-16,22H,7-8,10,13H2,1-6H3,(H,32,37)(H,33,36)(H,34,35,39)/t16-,22-/m1/s1. The number of rotatable bonds is 11. The number of nitrogens with zero attached hydrogens (tertiary/aromatic N) is 1. The van der Waals surface area contributed by atoms with E-state index in [4.69, 9.17) is 18.9 Å². The SMILES string of the molecule is CCOC(=O)Cc1csc(NC(=O)[C@@H](C)Nc2ccc3c(cc2=O)[C@H](NC(C)=O)CCc2cc(OC)c(OC)c(OC)c2-3)n1. The summed E-state index contributed by atoms with van der Waals surface area (Å²) in [6, 6.07) is 5.47. The summed E-state index contributed by atoms with van der Waals surface area (Å²) in [6.45, 7) is 5.05. The van der Waals surface area contributed by atoms with Crippen LogP contribution in [0.5, 0.6) is 17.2 Å². The zero-order chi connectivity index (χ0) is 32.0. The molecule has 0 fully saturated rings. The number of fused-ring (bicyclic) bond motifs is 3.